The number of benzene rings is 1. The van der Waals surface area contributed by atoms with Crippen molar-refractivity contribution >= 4 is 27.9 Å². The molecular weight excluding hydrogens is 272 g/mol. The van der Waals surface area contributed by atoms with Gasteiger partial charge in [-0.1, -0.05) is 23.7 Å². The molecule has 0 bridgehead atoms. The largest absolute Gasteiger partial charge is 0.436 e. The van der Waals surface area contributed by atoms with Crippen LogP contribution in [0.5, 0.6) is 11.6 Å². The van der Waals surface area contributed by atoms with Gasteiger partial charge in [-0.05, 0) is 12.1 Å². The maximum Gasteiger partial charge on any atom is 0.244 e. The normalized spacial score (nSPS) is 11.0. The number of ether oxygens (including phenoxy) is 1. The van der Waals surface area contributed by atoms with Gasteiger partial charge in [-0.15, -0.1) is 11.3 Å². The van der Waals surface area contributed by atoms with Crippen molar-refractivity contribution in [1.82, 2.24) is 9.38 Å². The molecule has 0 radical (unpaired) electrons. The molecule has 4 nitrogen and oxygen atoms in total. The van der Waals surface area contributed by atoms with Crippen LogP contribution in [0.3, 0.4) is 0 Å². The zero-order chi connectivity index (χ0) is 12.5. The second-order valence-corrected chi connectivity index (χ2v) is 4.89. The number of aliphatic hydroxyl groups excluding tert-OH is 1. The summed E-state index contributed by atoms with van der Waals surface area (Å²) in [5, 5.41) is 11.8. The number of aromatic nitrogens is 2. The highest BCUT2D eigenvalue weighted by Crippen LogP contribution is 2.31. The monoisotopic (exact) mass is 280 g/mol. The summed E-state index contributed by atoms with van der Waals surface area (Å²) in [7, 11) is 0. The standard InChI is InChI=1S/C12H9ClN2O2S/c13-8-3-1-2-4-10(8)17-11-9(7-16)15-5-6-18-12(15)14-11/h1-6,16H,7H2. The molecule has 0 amide bonds. The number of fused-ring (bicyclic) bond motifs is 1. The summed E-state index contributed by atoms with van der Waals surface area (Å²) < 4.78 is 7.46. The third-order valence-corrected chi connectivity index (χ3v) is 3.59. The maximum absolute atomic E-state index is 9.40. The van der Waals surface area contributed by atoms with Gasteiger partial charge in [0.05, 0.1) is 11.6 Å². The Balaban J connectivity index is 2.04. The van der Waals surface area contributed by atoms with Crippen LogP contribution >= 0.6 is 22.9 Å². The first-order chi connectivity index (χ1) is 8.79. The van der Waals surface area contributed by atoms with Gasteiger partial charge in [-0.3, -0.25) is 4.40 Å². The van der Waals surface area contributed by atoms with Crippen molar-refractivity contribution in [3.05, 3.63) is 46.6 Å². The van der Waals surface area contributed by atoms with E-state index < -0.39 is 0 Å². The molecule has 3 rings (SSSR count). The lowest BCUT2D eigenvalue weighted by atomic mass is 10.3. The van der Waals surface area contributed by atoms with E-state index in [1.807, 2.05) is 23.7 Å². The molecule has 2 aromatic heterocycles. The Hall–Kier alpha value is -1.56. The maximum atomic E-state index is 9.40. The Bertz CT molecular complexity index is 692. The number of nitrogens with zero attached hydrogens (tertiary/aromatic N) is 2. The minimum atomic E-state index is -0.141. The minimum Gasteiger partial charge on any atom is -0.436 e. The van der Waals surface area contributed by atoms with Crippen molar-refractivity contribution in [2.75, 3.05) is 0 Å². The van der Waals surface area contributed by atoms with Gasteiger partial charge in [0.25, 0.3) is 0 Å². The Morgan fingerprint density at radius 3 is 3.00 bits per heavy atom. The fourth-order valence-electron chi connectivity index (χ4n) is 1.67. The van der Waals surface area contributed by atoms with Crippen molar-refractivity contribution in [2.24, 2.45) is 0 Å². The molecule has 1 aromatic carbocycles. The first-order valence-corrected chi connectivity index (χ1v) is 6.53. The fourth-order valence-corrected chi connectivity index (χ4v) is 2.57. The minimum absolute atomic E-state index is 0.141. The highest BCUT2D eigenvalue weighted by Gasteiger charge is 2.15. The van der Waals surface area contributed by atoms with Gasteiger partial charge in [0.2, 0.25) is 5.88 Å². The number of para-hydroxylation sites is 1. The summed E-state index contributed by atoms with van der Waals surface area (Å²) >= 11 is 7.50. The molecule has 0 spiro atoms. The Labute approximate surface area is 112 Å². The van der Waals surface area contributed by atoms with Crippen LogP contribution in [0.15, 0.2) is 35.8 Å². The number of hydrogen-bond acceptors (Lipinski definition) is 4. The van der Waals surface area contributed by atoms with E-state index in [4.69, 9.17) is 16.3 Å². The molecule has 6 heteroatoms. The molecular formula is C12H9ClN2O2S. The molecule has 2 heterocycles. The Morgan fingerprint density at radius 2 is 2.22 bits per heavy atom. The number of thiazole rings is 1. The molecule has 92 valence electrons. The van der Waals surface area contributed by atoms with Gasteiger partial charge in [-0.25, -0.2) is 0 Å². The molecule has 18 heavy (non-hydrogen) atoms. The van der Waals surface area contributed by atoms with Crippen molar-refractivity contribution in [3.63, 3.8) is 0 Å². The molecule has 0 aliphatic rings. The van der Waals surface area contributed by atoms with E-state index in [2.05, 4.69) is 4.98 Å². The summed E-state index contributed by atoms with van der Waals surface area (Å²) in [5.74, 6) is 0.914. The van der Waals surface area contributed by atoms with Gasteiger partial charge in [-0.2, -0.15) is 4.98 Å². The van der Waals surface area contributed by atoms with Crippen LogP contribution < -0.4 is 4.74 Å². The number of aliphatic hydroxyl groups is 1. The van der Waals surface area contributed by atoms with Crippen LogP contribution in [-0.4, -0.2) is 14.5 Å². The van der Waals surface area contributed by atoms with Crippen LogP contribution in [0.4, 0.5) is 0 Å². The highest BCUT2D eigenvalue weighted by atomic mass is 35.5. The lowest BCUT2D eigenvalue weighted by Crippen LogP contribution is -1.93. The zero-order valence-electron chi connectivity index (χ0n) is 9.21. The van der Waals surface area contributed by atoms with Gasteiger partial charge < -0.3 is 9.84 Å². The predicted octanol–water partition coefficient (Wildman–Crippen LogP) is 3.33. The molecule has 0 atom stereocenters. The number of hydrogen-bond donors (Lipinski definition) is 1. The summed E-state index contributed by atoms with van der Waals surface area (Å²) in [5.41, 5.74) is 0.617. The van der Waals surface area contributed by atoms with E-state index in [9.17, 15) is 5.11 Å². The smallest absolute Gasteiger partial charge is 0.244 e. The zero-order valence-corrected chi connectivity index (χ0v) is 10.8. The Morgan fingerprint density at radius 1 is 1.39 bits per heavy atom. The van der Waals surface area contributed by atoms with Gasteiger partial charge in [0.1, 0.15) is 11.4 Å². The summed E-state index contributed by atoms with van der Waals surface area (Å²) in [4.78, 5) is 5.10. The molecule has 1 N–H and O–H groups in total. The summed E-state index contributed by atoms with van der Waals surface area (Å²) in [6, 6.07) is 7.16. The molecule has 0 unspecified atom stereocenters. The van der Waals surface area contributed by atoms with Crippen molar-refractivity contribution in [2.45, 2.75) is 6.61 Å². The second kappa shape index (κ2) is 4.61. The third kappa shape index (κ3) is 1.86. The van der Waals surface area contributed by atoms with E-state index in [-0.39, 0.29) is 6.61 Å². The molecule has 0 aliphatic carbocycles. The van der Waals surface area contributed by atoms with Crippen molar-refractivity contribution < 1.29 is 9.84 Å². The summed E-state index contributed by atoms with van der Waals surface area (Å²) in [6.45, 7) is -0.141. The lowest BCUT2D eigenvalue weighted by molar-refractivity contribution is 0.270. The highest BCUT2D eigenvalue weighted by molar-refractivity contribution is 7.15. The van der Waals surface area contributed by atoms with Gasteiger partial charge >= 0.3 is 0 Å². The first-order valence-electron chi connectivity index (χ1n) is 5.27. The van der Waals surface area contributed by atoms with E-state index in [1.54, 1.807) is 16.5 Å². The summed E-state index contributed by atoms with van der Waals surface area (Å²) in [6.07, 6.45) is 1.85. The Kier molecular flexibility index (Phi) is 2.95. The van der Waals surface area contributed by atoms with Crippen LogP contribution in [0.1, 0.15) is 5.69 Å². The van der Waals surface area contributed by atoms with E-state index in [0.717, 1.165) is 4.96 Å². The lowest BCUT2D eigenvalue weighted by Gasteiger charge is -2.05. The van der Waals surface area contributed by atoms with Crippen molar-refractivity contribution in [3.8, 4) is 11.6 Å². The van der Waals surface area contributed by atoms with Gasteiger partial charge in [0, 0.05) is 11.6 Å². The topological polar surface area (TPSA) is 46.8 Å². The molecule has 0 saturated carbocycles. The van der Waals surface area contributed by atoms with E-state index in [1.165, 1.54) is 11.3 Å². The number of imidazole rings is 1. The van der Waals surface area contributed by atoms with Crippen LogP contribution in [0, 0.1) is 0 Å². The third-order valence-electron chi connectivity index (χ3n) is 2.52. The number of halogens is 1. The first kappa shape index (κ1) is 11.5. The molecule has 0 aliphatic heterocycles. The van der Waals surface area contributed by atoms with Crippen LogP contribution in [0.2, 0.25) is 5.02 Å². The fraction of sp³-hybridized carbons (Fsp3) is 0.0833. The van der Waals surface area contributed by atoms with Crippen LogP contribution in [-0.2, 0) is 6.61 Å². The molecule has 0 fully saturated rings. The quantitative estimate of drug-likeness (QED) is 0.800. The van der Waals surface area contributed by atoms with Crippen molar-refractivity contribution in [1.29, 1.82) is 0 Å². The van der Waals surface area contributed by atoms with Gasteiger partial charge in [0.15, 0.2) is 4.96 Å². The van der Waals surface area contributed by atoms with Crippen LogP contribution in [0.25, 0.3) is 4.96 Å². The predicted molar refractivity (Wildman–Crippen MR) is 70.5 cm³/mol. The van der Waals surface area contributed by atoms with E-state index in [0.29, 0.717) is 22.3 Å². The number of rotatable bonds is 3. The molecule has 0 saturated heterocycles. The average Bonchev–Trinajstić information content (AvgIpc) is 2.92. The average molecular weight is 281 g/mol. The SMILES string of the molecule is OCc1c(Oc2ccccc2Cl)nc2sccn12. The van der Waals surface area contributed by atoms with E-state index >= 15 is 0 Å². The molecule has 3 aromatic rings. The second-order valence-electron chi connectivity index (χ2n) is 3.61.